The molecule has 0 saturated carbocycles. The number of thiophene rings is 1. The summed E-state index contributed by atoms with van der Waals surface area (Å²) < 4.78 is 5.04. The number of hydrogen-bond donors (Lipinski definition) is 0. The van der Waals surface area contributed by atoms with E-state index in [0.717, 1.165) is 4.88 Å². The SMILES string of the molecule is CCO/C=C(\C)C(=O)c1cccs1. The number of ketones is 1. The van der Waals surface area contributed by atoms with Crippen molar-refractivity contribution in [2.24, 2.45) is 0 Å². The Labute approximate surface area is 81.8 Å². The molecule has 70 valence electrons. The van der Waals surface area contributed by atoms with Gasteiger partial charge >= 0.3 is 0 Å². The van der Waals surface area contributed by atoms with E-state index < -0.39 is 0 Å². The highest BCUT2D eigenvalue weighted by molar-refractivity contribution is 7.12. The first-order valence-electron chi connectivity index (χ1n) is 4.12. The normalized spacial score (nSPS) is 11.4. The molecular weight excluding hydrogens is 184 g/mol. The minimum atomic E-state index is 0.0449. The minimum absolute atomic E-state index is 0.0449. The van der Waals surface area contributed by atoms with Crippen molar-refractivity contribution in [2.45, 2.75) is 13.8 Å². The summed E-state index contributed by atoms with van der Waals surface area (Å²) in [6.45, 7) is 4.24. The molecule has 3 heteroatoms. The highest BCUT2D eigenvalue weighted by atomic mass is 32.1. The maximum atomic E-state index is 11.6. The Morgan fingerprint density at radius 3 is 3.00 bits per heavy atom. The largest absolute Gasteiger partial charge is 0.501 e. The van der Waals surface area contributed by atoms with Gasteiger partial charge in [-0.1, -0.05) is 6.07 Å². The standard InChI is InChI=1S/C10H12O2S/c1-3-12-7-8(2)10(11)9-5-4-6-13-9/h4-7H,3H2,1-2H3/b8-7+. The van der Waals surface area contributed by atoms with E-state index in [4.69, 9.17) is 4.74 Å². The van der Waals surface area contributed by atoms with E-state index in [2.05, 4.69) is 0 Å². The molecule has 13 heavy (non-hydrogen) atoms. The lowest BCUT2D eigenvalue weighted by Gasteiger charge is -1.98. The smallest absolute Gasteiger partial charge is 0.201 e. The molecule has 0 N–H and O–H groups in total. The summed E-state index contributed by atoms with van der Waals surface area (Å²) in [5, 5.41) is 1.89. The molecule has 1 heterocycles. The summed E-state index contributed by atoms with van der Waals surface area (Å²) >= 11 is 1.45. The van der Waals surface area contributed by atoms with Crippen molar-refractivity contribution in [1.29, 1.82) is 0 Å². The predicted octanol–water partition coefficient (Wildman–Crippen LogP) is 2.87. The van der Waals surface area contributed by atoms with Gasteiger partial charge in [-0.3, -0.25) is 4.79 Å². The molecule has 0 unspecified atom stereocenters. The van der Waals surface area contributed by atoms with Crippen molar-refractivity contribution in [3.05, 3.63) is 34.2 Å². The molecule has 0 aromatic carbocycles. The van der Waals surface area contributed by atoms with Crippen LogP contribution in [0.25, 0.3) is 0 Å². The quantitative estimate of drug-likeness (QED) is 0.420. The molecule has 1 aromatic rings. The minimum Gasteiger partial charge on any atom is -0.501 e. The molecule has 0 aliphatic carbocycles. The van der Waals surface area contributed by atoms with Crippen molar-refractivity contribution in [3.8, 4) is 0 Å². The van der Waals surface area contributed by atoms with Gasteiger partial charge in [0, 0.05) is 5.57 Å². The number of carbonyl (C=O) groups excluding carboxylic acids is 1. The summed E-state index contributed by atoms with van der Waals surface area (Å²) in [7, 11) is 0. The summed E-state index contributed by atoms with van der Waals surface area (Å²) in [6, 6.07) is 3.68. The van der Waals surface area contributed by atoms with Crippen LogP contribution in [0.1, 0.15) is 23.5 Å². The first kappa shape index (κ1) is 9.99. The summed E-state index contributed by atoms with van der Waals surface area (Å²) in [4.78, 5) is 12.3. The van der Waals surface area contributed by atoms with Crippen LogP contribution in [-0.4, -0.2) is 12.4 Å². The Morgan fingerprint density at radius 2 is 2.46 bits per heavy atom. The predicted molar refractivity (Wildman–Crippen MR) is 54.0 cm³/mol. The molecule has 0 aliphatic heterocycles. The number of rotatable bonds is 4. The van der Waals surface area contributed by atoms with Gasteiger partial charge in [0.25, 0.3) is 0 Å². The van der Waals surface area contributed by atoms with E-state index in [1.807, 2.05) is 24.4 Å². The van der Waals surface area contributed by atoms with Gasteiger partial charge in [0.15, 0.2) is 0 Å². The average Bonchev–Trinajstić information content (AvgIpc) is 2.65. The highest BCUT2D eigenvalue weighted by Gasteiger charge is 2.08. The lowest BCUT2D eigenvalue weighted by Crippen LogP contribution is -1.98. The topological polar surface area (TPSA) is 26.3 Å². The number of Topliss-reactive ketones (excluding diaryl/α,β-unsaturated/α-hetero) is 1. The fourth-order valence-electron chi connectivity index (χ4n) is 0.864. The fraction of sp³-hybridized carbons (Fsp3) is 0.300. The molecule has 0 amide bonds. The Balaban J connectivity index is 2.68. The molecule has 2 nitrogen and oxygen atoms in total. The van der Waals surface area contributed by atoms with Crippen molar-refractivity contribution in [3.63, 3.8) is 0 Å². The molecule has 0 atom stereocenters. The average molecular weight is 196 g/mol. The fourth-order valence-corrected chi connectivity index (χ4v) is 1.59. The molecule has 0 bridgehead atoms. The number of allylic oxidation sites excluding steroid dienone is 1. The van der Waals surface area contributed by atoms with E-state index in [1.54, 1.807) is 6.92 Å². The summed E-state index contributed by atoms with van der Waals surface area (Å²) in [5.41, 5.74) is 0.643. The van der Waals surface area contributed by atoms with Crippen LogP contribution in [0.15, 0.2) is 29.3 Å². The first-order valence-corrected chi connectivity index (χ1v) is 5.00. The van der Waals surface area contributed by atoms with Gasteiger partial charge in [-0.15, -0.1) is 11.3 Å². The van der Waals surface area contributed by atoms with Gasteiger partial charge in [-0.25, -0.2) is 0 Å². The maximum Gasteiger partial charge on any atom is 0.201 e. The van der Waals surface area contributed by atoms with Gasteiger partial charge in [0.1, 0.15) is 0 Å². The van der Waals surface area contributed by atoms with Gasteiger partial charge in [-0.2, -0.15) is 0 Å². The summed E-state index contributed by atoms with van der Waals surface area (Å²) in [6.07, 6.45) is 1.52. The molecular formula is C10H12O2S. The molecule has 1 rings (SSSR count). The van der Waals surface area contributed by atoms with Gasteiger partial charge in [-0.05, 0) is 25.3 Å². The monoisotopic (exact) mass is 196 g/mol. The van der Waals surface area contributed by atoms with Crippen LogP contribution >= 0.6 is 11.3 Å². The second-order valence-electron chi connectivity index (χ2n) is 2.56. The van der Waals surface area contributed by atoms with Crippen LogP contribution in [0.2, 0.25) is 0 Å². The second kappa shape index (κ2) is 4.82. The van der Waals surface area contributed by atoms with Gasteiger partial charge in [0.05, 0.1) is 17.7 Å². The van der Waals surface area contributed by atoms with Crippen molar-refractivity contribution < 1.29 is 9.53 Å². The lowest BCUT2D eigenvalue weighted by molar-refractivity contribution is 0.103. The zero-order valence-corrected chi connectivity index (χ0v) is 8.56. The molecule has 0 spiro atoms. The van der Waals surface area contributed by atoms with Gasteiger partial charge in [0.2, 0.25) is 5.78 Å². The van der Waals surface area contributed by atoms with Crippen LogP contribution in [0.5, 0.6) is 0 Å². The van der Waals surface area contributed by atoms with Crippen molar-refractivity contribution >= 4 is 17.1 Å². The van der Waals surface area contributed by atoms with Crippen LogP contribution in [0.4, 0.5) is 0 Å². The third kappa shape index (κ3) is 2.70. The molecule has 0 radical (unpaired) electrons. The van der Waals surface area contributed by atoms with Crippen LogP contribution in [-0.2, 0) is 4.74 Å². The molecule has 1 aromatic heterocycles. The maximum absolute atomic E-state index is 11.6. The van der Waals surface area contributed by atoms with Crippen LogP contribution in [0, 0.1) is 0 Å². The lowest BCUT2D eigenvalue weighted by atomic mass is 10.2. The number of carbonyl (C=O) groups is 1. The van der Waals surface area contributed by atoms with E-state index >= 15 is 0 Å². The summed E-state index contributed by atoms with van der Waals surface area (Å²) in [5.74, 6) is 0.0449. The molecule has 0 saturated heterocycles. The highest BCUT2D eigenvalue weighted by Crippen LogP contribution is 2.13. The number of ether oxygens (including phenoxy) is 1. The van der Waals surface area contributed by atoms with E-state index in [1.165, 1.54) is 17.6 Å². The third-order valence-electron chi connectivity index (χ3n) is 1.53. The number of hydrogen-bond acceptors (Lipinski definition) is 3. The van der Waals surface area contributed by atoms with Crippen LogP contribution < -0.4 is 0 Å². The second-order valence-corrected chi connectivity index (χ2v) is 3.51. The Hall–Kier alpha value is -1.09. The Kier molecular flexibility index (Phi) is 3.71. The van der Waals surface area contributed by atoms with Crippen LogP contribution in [0.3, 0.4) is 0 Å². The molecule has 0 fully saturated rings. The van der Waals surface area contributed by atoms with E-state index in [9.17, 15) is 4.79 Å². The zero-order valence-electron chi connectivity index (χ0n) is 7.74. The van der Waals surface area contributed by atoms with E-state index in [-0.39, 0.29) is 5.78 Å². The zero-order chi connectivity index (χ0) is 9.68. The Bertz CT molecular complexity index is 299. The van der Waals surface area contributed by atoms with Crippen molar-refractivity contribution in [1.82, 2.24) is 0 Å². The first-order chi connectivity index (χ1) is 6.25. The molecule has 0 aliphatic rings. The van der Waals surface area contributed by atoms with Gasteiger partial charge < -0.3 is 4.74 Å². The van der Waals surface area contributed by atoms with Crippen molar-refractivity contribution in [2.75, 3.05) is 6.61 Å². The van der Waals surface area contributed by atoms with E-state index in [0.29, 0.717) is 12.2 Å². The third-order valence-corrected chi connectivity index (χ3v) is 2.40. The Morgan fingerprint density at radius 1 is 1.69 bits per heavy atom.